The Hall–Kier alpha value is -2.34. The summed E-state index contributed by atoms with van der Waals surface area (Å²) < 4.78 is 0. The number of fused-ring (bicyclic) bond motifs is 7. The summed E-state index contributed by atoms with van der Waals surface area (Å²) in [6.45, 7) is 4.58. The highest BCUT2D eigenvalue weighted by Crippen LogP contribution is 2.58. The van der Waals surface area contributed by atoms with Gasteiger partial charge in [-0.15, -0.1) is 0 Å². The van der Waals surface area contributed by atoms with Gasteiger partial charge < -0.3 is 0 Å². The molecule has 118 valence electrons. The normalized spacial score (nSPS) is 20.3. The van der Waals surface area contributed by atoms with Gasteiger partial charge in [0.05, 0.1) is 0 Å². The van der Waals surface area contributed by atoms with Crippen molar-refractivity contribution < 1.29 is 0 Å². The first-order chi connectivity index (χ1) is 11.7. The molecule has 3 aromatic rings. The minimum absolute atomic E-state index is 0.0629. The number of hydrogen-bond donors (Lipinski definition) is 0. The molecule has 0 radical (unpaired) electrons. The molecule has 0 aliphatic heterocycles. The predicted molar refractivity (Wildman–Crippen MR) is 101 cm³/mol. The third kappa shape index (κ3) is 1.64. The van der Waals surface area contributed by atoms with E-state index in [9.17, 15) is 0 Å². The minimum atomic E-state index is 0.0629. The Balaban J connectivity index is 1.88. The van der Waals surface area contributed by atoms with Crippen LogP contribution in [-0.4, -0.2) is 0 Å². The van der Waals surface area contributed by atoms with Gasteiger partial charge in [-0.25, -0.2) is 0 Å². The second kappa shape index (κ2) is 4.83. The van der Waals surface area contributed by atoms with Crippen LogP contribution < -0.4 is 0 Å². The molecule has 0 N–H and O–H groups in total. The van der Waals surface area contributed by atoms with Crippen molar-refractivity contribution in [2.24, 2.45) is 0 Å². The molecule has 0 saturated carbocycles. The van der Waals surface area contributed by atoms with Crippen molar-refractivity contribution in [2.45, 2.75) is 38.0 Å². The summed E-state index contributed by atoms with van der Waals surface area (Å²) >= 11 is 0. The second-order valence-corrected chi connectivity index (χ2v) is 7.57. The Bertz CT molecular complexity index is 948. The maximum Gasteiger partial charge on any atom is 0.0469 e. The van der Waals surface area contributed by atoms with Crippen LogP contribution in [0, 0.1) is 0 Å². The summed E-state index contributed by atoms with van der Waals surface area (Å²) in [5.74, 6) is 0.563. The van der Waals surface area contributed by atoms with Crippen molar-refractivity contribution in [3.05, 3.63) is 94.5 Å². The minimum Gasteiger partial charge on any atom is -0.0620 e. The lowest BCUT2D eigenvalue weighted by Crippen LogP contribution is -2.23. The van der Waals surface area contributed by atoms with Gasteiger partial charge >= 0.3 is 0 Å². The Labute approximate surface area is 144 Å². The first kappa shape index (κ1) is 14.0. The lowest BCUT2D eigenvalue weighted by Gasteiger charge is -2.29. The number of hydrogen-bond acceptors (Lipinski definition) is 0. The largest absolute Gasteiger partial charge is 0.0620 e. The Morgan fingerprint density at radius 1 is 0.750 bits per heavy atom. The molecule has 0 saturated heterocycles. The van der Waals surface area contributed by atoms with Crippen LogP contribution in [0.1, 0.15) is 54.0 Å². The summed E-state index contributed by atoms with van der Waals surface area (Å²) in [4.78, 5) is 0. The molecule has 5 rings (SSSR count). The van der Waals surface area contributed by atoms with Gasteiger partial charge in [0.2, 0.25) is 0 Å². The van der Waals surface area contributed by atoms with Gasteiger partial charge in [-0.1, -0.05) is 80.6 Å². The number of aryl methyl sites for hydroxylation is 1. The van der Waals surface area contributed by atoms with E-state index in [-0.39, 0.29) is 5.41 Å². The van der Waals surface area contributed by atoms with Crippen LogP contribution in [0.4, 0.5) is 0 Å². The quantitative estimate of drug-likeness (QED) is 0.511. The summed E-state index contributed by atoms with van der Waals surface area (Å²) in [5.41, 5.74) is 10.5. The molecule has 0 heterocycles. The zero-order valence-electron chi connectivity index (χ0n) is 14.3. The van der Waals surface area contributed by atoms with Crippen molar-refractivity contribution in [1.29, 1.82) is 0 Å². The number of rotatable bonds is 1. The molecule has 2 aliphatic carbocycles. The predicted octanol–water partition coefficient (Wildman–Crippen LogP) is 6.07. The molecule has 1 spiro atoms. The van der Waals surface area contributed by atoms with E-state index in [2.05, 4.69) is 80.6 Å². The molecule has 0 aromatic heterocycles. The van der Waals surface area contributed by atoms with Crippen molar-refractivity contribution in [1.82, 2.24) is 0 Å². The van der Waals surface area contributed by atoms with Crippen LogP contribution in [0.5, 0.6) is 0 Å². The average Bonchev–Trinajstić information content (AvgIpc) is 3.14. The summed E-state index contributed by atoms with van der Waals surface area (Å²) in [5, 5.41) is 0. The van der Waals surface area contributed by atoms with Gasteiger partial charge in [0.15, 0.2) is 0 Å². The van der Waals surface area contributed by atoms with E-state index < -0.39 is 0 Å². The molecular formula is C24H22. The van der Waals surface area contributed by atoms with E-state index in [0.29, 0.717) is 5.92 Å². The molecule has 3 aromatic carbocycles. The van der Waals surface area contributed by atoms with Crippen molar-refractivity contribution in [3.8, 4) is 11.1 Å². The van der Waals surface area contributed by atoms with Crippen molar-refractivity contribution >= 4 is 0 Å². The third-order valence-corrected chi connectivity index (χ3v) is 6.09. The Morgan fingerprint density at radius 2 is 1.46 bits per heavy atom. The lowest BCUT2D eigenvalue weighted by molar-refractivity contribution is 0.624. The molecular weight excluding hydrogens is 288 g/mol. The molecule has 0 amide bonds. The fraction of sp³-hybridized carbons (Fsp3) is 0.250. The Morgan fingerprint density at radius 3 is 2.29 bits per heavy atom. The molecule has 1 unspecified atom stereocenters. The monoisotopic (exact) mass is 310 g/mol. The van der Waals surface area contributed by atoms with Crippen LogP contribution >= 0.6 is 0 Å². The molecule has 24 heavy (non-hydrogen) atoms. The van der Waals surface area contributed by atoms with Gasteiger partial charge in [-0.05, 0) is 57.7 Å². The van der Waals surface area contributed by atoms with Gasteiger partial charge in [-0.3, -0.25) is 0 Å². The van der Waals surface area contributed by atoms with Crippen LogP contribution in [-0.2, 0) is 11.8 Å². The highest BCUT2D eigenvalue weighted by Gasteiger charge is 2.48. The maximum absolute atomic E-state index is 2.49. The van der Waals surface area contributed by atoms with Crippen LogP contribution in [0.15, 0.2) is 66.7 Å². The maximum atomic E-state index is 2.49. The first-order valence-electron chi connectivity index (χ1n) is 9.04. The van der Waals surface area contributed by atoms with E-state index in [1.165, 1.54) is 51.8 Å². The summed E-state index contributed by atoms with van der Waals surface area (Å²) in [6.07, 6.45) is 2.37. The van der Waals surface area contributed by atoms with Gasteiger partial charge in [0.25, 0.3) is 0 Å². The van der Waals surface area contributed by atoms with Crippen LogP contribution in [0.2, 0.25) is 0 Å². The van der Waals surface area contributed by atoms with E-state index in [1.54, 1.807) is 0 Å². The average molecular weight is 310 g/mol. The molecule has 1 atom stereocenters. The van der Waals surface area contributed by atoms with E-state index in [4.69, 9.17) is 0 Å². The molecule has 0 heteroatoms. The topological polar surface area (TPSA) is 0 Å². The van der Waals surface area contributed by atoms with Gasteiger partial charge in [-0.2, -0.15) is 0 Å². The van der Waals surface area contributed by atoms with Crippen molar-refractivity contribution in [3.63, 3.8) is 0 Å². The SMILES string of the molecule is CC(C)c1ccc2c(c1)C1(CCc3ccccc31)c1ccccc1-2. The lowest BCUT2D eigenvalue weighted by atomic mass is 9.73. The molecule has 0 nitrogen and oxygen atoms in total. The highest BCUT2D eigenvalue weighted by molar-refractivity contribution is 5.84. The molecule has 0 fully saturated rings. The molecule has 2 aliphatic rings. The Kier molecular flexibility index (Phi) is 2.83. The van der Waals surface area contributed by atoms with Crippen LogP contribution in [0.3, 0.4) is 0 Å². The standard InChI is InChI=1S/C24H22/c1-16(2)18-11-12-20-19-8-4-6-10-22(19)24(23(20)15-18)14-13-17-7-3-5-9-21(17)24/h3-12,15-16H,13-14H2,1-2H3. The smallest absolute Gasteiger partial charge is 0.0469 e. The fourth-order valence-electron chi connectivity index (χ4n) is 4.92. The van der Waals surface area contributed by atoms with E-state index >= 15 is 0 Å². The van der Waals surface area contributed by atoms with Crippen molar-refractivity contribution in [2.75, 3.05) is 0 Å². The second-order valence-electron chi connectivity index (χ2n) is 7.57. The first-order valence-corrected chi connectivity index (χ1v) is 9.04. The van der Waals surface area contributed by atoms with Crippen LogP contribution in [0.25, 0.3) is 11.1 Å². The van der Waals surface area contributed by atoms with E-state index in [1.807, 2.05) is 0 Å². The number of benzene rings is 3. The summed E-state index contributed by atoms with van der Waals surface area (Å²) in [7, 11) is 0. The zero-order chi connectivity index (χ0) is 16.3. The summed E-state index contributed by atoms with van der Waals surface area (Å²) in [6, 6.07) is 25.3. The van der Waals surface area contributed by atoms with E-state index in [0.717, 1.165) is 0 Å². The van der Waals surface area contributed by atoms with Gasteiger partial charge in [0.1, 0.15) is 0 Å². The fourth-order valence-corrected chi connectivity index (χ4v) is 4.92. The van der Waals surface area contributed by atoms with Gasteiger partial charge in [0, 0.05) is 5.41 Å². The molecule has 0 bridgehead atoms. The zero-order valence-corrected chi connectivity index (χ0v) is 14.3. The highest BCUT2D eigenvalue weighted by atomic mass is 14.5. The third-order valence-electron chi connectivity index (χ3n) is 6.09.